The van der Waals surface area contributed by atoms with Crippen LogP contribution in [0.2, 0.25) is 0 Å². The van der Waals surface area contributed by atoms with E-state index in [9.17, 15) is 9.90 Å². The third-order valence-electron chi connectivity index (χ3n) is 2.98. The first kappa shape index (κ1) is 13.5. The van der Waals surface area contributed by atoms with Crippen LogP contribution < -0.4 is 5.32 Å². The summed E-state index contributed by atoms with van der Waals surface area (Å²) in [6.07, 6.45) is -0.643. The van der Waals surface area contributed by atoms with Gasteiger partial charge in [0, 0.05) is 6.54 Å². The molecule has 4 nitrogen and oxygen atoms in total. The number of nitrogens with one attached hydrogen (secondary N) is 1. The van der Waals surface area contributed by atoms with Crippen LogP contribution >= 0.6 is 0 Å². The zero-order chi connectivity index (χ0) is 13.7. The molecular weight excluding hydrogens is 242 g/mol. The number of hydrogen-bond acceptors (Lipinski definition) is 3. The molecule has 4 heteroatoms. The summed E-state index contributed by atoms with van der Waals surface area (Å²) >= 11 is 0. The number of hydrogen-bond donors (Lipinski definition) is 3. The summed E-state index contributed by atoms with van der Waals surface area (Å²) in [7, 11) is 0. The van der Waals surface area contributed by atoms with Crippen molar-refractivity contribution in [3.63, 3.8) is 0 Å². The van der Waals surface area contributed by atoms with Gasteiger partial charge in [-0.05, 0) is 16.3 Å². The van der Waals surface area contributed by atoms with E-state index in [0.29, 0.717) is 0 Å². The van der Waals surface area contributed by atoms with E-state index in [0.717, 1.165) is 16.3 Å². The average Bonchev–Trinajstić information content (AvgIpc) is 2.45. The molecular formula is C15H17NO3. The molecule has 0 heterocycles. The molecule has 0 bridgehead atoms. The monoisotopic (exact) mass is 259 g/mol. The molecule has 0 saturated carbocycles. The lowest BCUT2D eigenvalue weighted by molar-refractivity contribution is -0.121. The average molecular weight is 259 g/mol. The minimum absolute atomic E-state index is 0.0695. The Hall–Kier alpha value is -1.91. The van der Waals surface area contributed by atoms with Crippen molar-refractivity contribution in [3.05, 3.63) is 48.0 Å². The van der Waals surface area contributed by atoms with E-state index in [1.165, 1.54) is 0 Å². The summed E-state index contributed by atoms with van der Waals surface area (Å²) < 4.78 is 0. The zero-order valence-electron chi connectivity index (χ0n) is 10.5. The quantitative estimate of drug-likeness (QED) is 0.745. The molecule has 2 aromatic rings. The molecule has 0 aromatic heterocycles. The van der Waals surface area contributed by atoms with Gasteiger partial charge in [0.15, 0.2) is 0 Å². The molecule has 0 saturated heterocycles. The predicted molar refractivity (Wildman–Crippen MR) is 73.8 cm³/mol. The first-order chi connectivity index (χ1) is 9.20. The van der Waals surface area contributed by atoms with E-state index in [-0.39, 0.29) is 25.5 Å². The van der Waals surface area contributed by atoms with Gasteiger partial charge < -0.3 is 15.5 Å². The highest BCUT2D eigenvalue weighted by atomic mass is 16.3. The molecule has 1 unspecified atom stereocenters. The number of amides is 1. The van der Waals surface area contributed by atoms with Crippen LogP contribution in [0.5, 0.6) is 0 Å². The normalized spacial score (nSPS) is 12.3. The lowest BCUT2D eigenvalue weighted by atomic mass is 10.0. The zero-order valence-corrected chi connectivity index (χ0v) is 10.5. The number of carbonyl (C=O) groups excluding carboxylic acids is 1. The van der Waals surface area contributed by atoms with E-state index in [2.05, 4.69) is 5.32 Å². The first-order valence-corrected chi connectivity index (χ1v) is 6.23. The second-order valence-corrected chi connectivity index (χ2v) is 4.46. The van der Waals surface area contributed by atoms with Gasteiger partial charge in [0.2, 0.25) is 5.91 Å². The maximum atomic E-state index is 11.8. The van der Waals surface area contributed by atoms with Crippen LogP contribution in [0.3, 0.4) is 0 Å². The van der Waals surface area contributed by atoms with Crippen molar-refractivity contribution in [2.75, 3.05) is 13.2 Å². The molecule has 0 aliphatic rings. The number of aliphatic hydroxyl groups excluding tert-OH is 2. The molecule has 0 aliphatic heterocycles. The van der Waals surface area contributed by atoms with Gasteiger partial charge in [-0.25, -0.2) is 0 Å². The third-order valence-corrected chi connectivity index (χ3v) is 2.98. The number of aliphatic hydroxyl groups is 2. The molecule has 1 atom stereocenters. The van der Waals surface area contributed by atoms with Crippen molar-refractivity contribution in [3.8, 4) is 0 Å². The van der Waals surface area contributed by atoms with Crippen LogP contribution in [-0.2, 0) is 11.2 Å². The van der Waals surface area contributed by atoms with Crippen molar-refractivity contribution >= 4 is 16.7 Å². The number of fused-ring (bicyclic) bond motifs is 1. The lowest BCUT2D eigenvalue weighted by Gasteiger charge is -2.10. The first-order valence-electron chi connectivity index (χ1n) is 6.23. The highest BCUT2D eigenvalue weighted by molar-refractivity contribution is 5.90. The SMILES string of the molecule is O=C(Cc1cccc2ccccc12)NCC(O)CO. The summed E-state index contributed by atoms with van der Waals surface area (Å²) in [5.41, 5.74) is 0.953. The Kier molecular flexibility index (Phi) is 4.49. The molecule has 0 spiro atoms. The van der Waals surface area contributed by atoms with Crippen molar-refractivity contribution in [2.24, 2.45) is 0 Å². The molecule has 0 radical (unpaired) electrons. The maximum absolute atomic E-state index is 11.8. The molecule has 0 fully saturated rings. The van der Waals surface area contributed by atoms with Gasteiger partial charge in [0.25, 0.3) is 0 Å². The minimum Gasteiger partial charge on any atom is -0.394 e. The summed E-state index contributed by atoms with van der Waals surface area (Å²) in [5.74, 6) is -0.163. The Labute approximate surface area is 111 Å². The van der Waals surface area contributed by atoms with E-state index in [1.54, 1.807) is 0 Å². The van der Waals surface area contributed by atoms with E-state index < -0.39 is 6.10 Å². The number of benzene rings is 2. The Balaban J connectivity index is 2.07. The fourth-order valence-corrected chi connectivity index (χ4v) is 1.98. The Morgan fingerprint density at radius 3 is 2.68 bits per heavy atom. The lowest BCUT2D eigenvalue weighted by Crippen LogP contribution is -2.34. The fourth-order valence-electron chi connectivity index (χ4n) is 1.98. The highest BCUT2D eigenvalue weighted by Crippen LogP contribution is 2.18. The molecule has 2 aromatic carbocycles. The minimum atomic E-state index is -0.906. The van der Waals surface area contributed by atoms with E-state index in [1.807, 2.05) is 42.5 Å². The Morgan fingerprint density at radius 2 is 1.89 bits per heavy atom. The van der Waals surface area contributed by atoms with Gasteiger partial charge in [-0.15, -0.1) is 0 Å². The smallest absolute Gasteiger partial charge is 0.224 e. The Morgan fingerprint density at radius 1 is 1.16 bits per heavy atom. The summed E-state index contributed by atoms with van der Waals surface area (Å²) in [5, 5.41) is 22.6. The van der Waals surface area contributed by atoms with Gasteiger partial charge >= 0.3 is 0 Å². The standard InChI is InChI=1S/C15H17NO3/c17-10-13(18)9-16-15(19)8-12-6-3-5-11-4-1-2-7-14(11)12/h1-7,13,17-18H,8-10H2,(H,16,19). The largest absolute Gasteiger partial charge is 0.394 e. The van der Waals surface area contributed by atoms with Gasteiger partial charge in [-0.3, -0.25) is 4.79 Å². The van der Waals surface area contributed by atoms with E-state index >= 15 is 0 Å². The van der Waals surface area contributed by atoms with Crippen molar-refractivity contribution < 1.29 is 15.0 Å². The fraction of sp³-hybridized carbons (Fsp3) is 0.267. The number of rotatable bonds is 5. The van der Waals surface area contributed by atoms with Crippen LogP contribution in [0.15, 0.2) is 42.5 Å². The summed E-state index contributed by atoms with van der Waals surface area (Å²) in [6.45, 7) is -0.283. The summed E-state index contributed by atoms with van der Waals surface area (Å²) in [6, 6.07) is 13.7. The molecule has 0 aliphatic carbocycles. The van der Waals surface area contributed by atoms with Gasteiger partial charge in [-0.1, -0.05) is 42.5 Å². The van der Waals surface area contributed by atoms with Gasteiger partial charge in [0.1, 0.15) is 0 Å². The van der Waals surface area contributed by atoms with Crippen LogP contribution in [-0.4, -0.2) is 35.4 Å². The topological polar surface area (TPSA) is 69.6 Å². The molecule has 1 amide bonds. The molecule has 2 rings (SSSR count). The second-order valence-electron chi connectivity index (χ2n) is 4.46. The van der Waals surface area contributed by atoms with Gasteiger partial charge in [0.05, 0.1) is 19.1 Å². The molecule has 100 valence electrons. The maximum Gasteiger partial charge on any atom is 0.224 e. The van der Waals surface area contributed by atoms with Crippen LogP contribution in [0, 0.1) is 0 Å². The van der Waals surface area contributed by atoms with Crippen molar-refractivity contribution in [1.82, 2.24) is 5.32 Å². The Bertz CT molecular complexity index is 563. The van der Waals surface area contributed by atoms with Crippen LogP contribution in [0.4, 0.5) is 0 Å². The second kappa shape index (κ2) is 6.31. The predicted octanol–water partition coefficient (Wildman–Crippen LogP) is 0.852. The van der Waals surface area contributed by atoms with Crippen molar-refractivity contribution in [1.29, 1.82) is 0 Å². The third kappa shape index (κ3) is 3.53. The van der Waals surface area contributed by atoms with Crippen molar-refractivity contribution in [2.45, 2.75) is 12.5 Å². The van der Waals surface area contributed by atoms with E-state index in [4.69, 9.17) is 5.11 Å². The molecule has 19 heavy (non-hydrogen) atoms. The van der Waals surface area contributed by atoms with Gasteiger partial charge in [-0.2, -0.15) is 0 Å². The van der Waals surface area contributed by atoms with Crippen LogP contribution in [0.1, 0.15) is 5.56 Å². The highest BCUT2D eigenvalue weighted by Gasteiger charge is 2.08. The number of carbonyl (C=O) groups is 1. The summed E-state index contributed by atoms with van der Waals surface area (Å²) in [4.78, 5) is 11.8. The van der Waals surface area contributed by atoms with Crippen LogP contribution in [0.25, 0.3) is 10.8 Å². The molecule has 3 N–H and O–H groups in total.